The predicted molar refractivity (Wildman–Crippen MR) is 130 cm³/mol. The van der Waals surface area contributed by atoms with Gasteiger partial charge in [-0.15, -0.1) is 0 Å². The summed E-state index contributed by atoms with van der Waals surface area (Å²) in [5.41, 5.74) is 4.84. The van der Waals surface area contributed by atoms with E-state index in [1.165, 1.54) is 0 Å². The van der Waals surface area contributed by atoms with Crippen molar-refractivity contribution in [3.8, 4) is 0 Å². The van der Waals surface area contributed by atoms with Gasteiger partial charge in [-0.3, -0.25) is 9.59 Å². The summed E-state index contributed by atoms with van der Waals surface area (Å²) in [5.74, 6) is 0.404. The van der Waals surface area contributed by atoms with Gasteiger partial charge in [-0.1, -0.05) is 37.6 Å². The van der Waals surface area contributed by atoms with Crippen LogP contribution in [0.4, 0.5) is 22.7 Å². The van der Waals surface area contributed by atoms with Gasteiger partial charge in [0.25, 0.3) is 0 Å². The van der Waals surface area contributed by atoms with Crippen LogP contribution in [0, 0.1) is 0 Å². The Bertz CT molecular complexity index is 1120. The van der Waals surface area contributed by atoms with E-state index in [0.717, 1.165) is 35.3 Å². The van der Waals surface area contributed by atoms with Gasteiger partial charge < -0.3 is 0 Å². The fourth-order valence-electron chi connectivity index (χ4n) is 3.16. The summed E-state index contributed by atoms with van der Waals surface area (Å²) < 4.78 is 0. The first kappa shape index (κ1) is 23.9. The number of rotatable bonds is 11. The highest BCUT2D eigenvalue weighted by molar-refractivity contribution is 5.80. The Morgan fingerprint density at radius 1 is 0.606 bits per heavy atom. The molecule has 3 rings (SSSR count). The Balaban J connectivity index is 1.54. The zero-order chi connectivity index (χ0) is 23.5. The van der Waals surface area contributed by atoms with Gasteiger partial charge in [0.05, 0.1) is 22.7 Å². The van der Waals surface area contributed by atoms with Gasteiger partial charge in [-0.05, 0) is 73.0 Å². The molecule has 0 amide bonds. The molecule has 0 unspecified atom stereocenters. The van der Waals surface area contributed by atoms with E-state index in [4.69, 9.17) is 0 Å². The third-order valence-electron chi connectivity index (χ3n) is 4.95. The van der Waals surface area contributed by atoms with Crippen LogP contribution in [0.1, 0.15) is 44.2 Å². The van der Waals surface area contributed by atoms with Crippen LogP contribution in [0.15, 0.2) is 93.3 Å². The highest BCUT2D eigenvalue weighted by Crippen LogP contribution is 2.24. The van der Waals surface area contributed by atoms with Crippen molar-refractivity contribution in [3.63, 3.8) is 0 Å². The lowest BCUT2D eigenvalue weighted by atomic mass is 10.0. The van der Waals surface area contributed by atoms with E-state index >= 15 is 0 Å². The molecule has 0 saturated carbocycles. The van der Waals surface area contributed by atoms with Gasteiger partial charge in [0.15, 0.2) is 0 Å². The predicted octanol–water partition coefficient (Wildman–Crippen LogP) is 7.95. The first-order valence-corrected chi connectivity index (χ1v) is 11.1. The topological polar surface area (TPSA) is 83.6 Å². The third kappa shape index (κ3) is 8.33. The van der Waals surface area contributed by atoms with E-state index in [1.54, 1.807) is 6.92 Å². The van der Waals surface area contributed by atoms with Crippen LogP contribution in [0.5, 0.6) is 0 Å². The SMILES string of the molecule is CCCCC(=O)Cc1ccc(N=Nc2ccc(N=Nc3ccc(CC(C)=O)cc3)cc2)cc1. The molecule has 0 aromatic heterocycles. The first-order chi connectivity index (χ1) is 16.0. The van der Waals surface area contributed by atoms with Crippen molar-refractivity contribution in [1.82, 2.24) is 0 Å². The number of Topliss-reactive ketones (excluding diaryl/α,β-unsaturated/α-hetero) is 2. The lowest BCUT2D eigenvalue weighted by Crippen LogP contribution is -2.01. The fraction of sp³-hybridized carbons (Fsp3) is 0.259. The summed E-state index contributed by atoms with van der Waals surface area (Å²) in [6.07, 6.45) is 3.51. The maximum absolute atomic E-state index is 11.9. The minimum Gasteiger partial charge on any atom is -0.300 e. The molecule has 6 heteroatoms. The summed E-state index contributed by atoms with van der Waals surface area (Å²) in [4.78, 5) is 23.1. The molecule has 33 heavy (non-hydrogen) atoms. The standard InChI is InChI=1S/C27H28N4O2/c1-3-4-5-27(33)19-22-8-12-24(13-9-22)29-31-26-16-14-25(15-17-26)30-28-23-10-6-21(7-11-23)18-20(2)32/h6-17H,3-5,18-19H2,1-2H3. The highest BCUT2D eigenvalue weighted by atomic mass is 16.1. The average Bonchev–Trinajstić information content (AvgIpc) is 2.82. The molecule has 0 fully saturated rings. The molecule has 0 aliphatic carbocycles. The molecule has 0 atom stereocenters. The maximum Gasteiger partial charge on any atom is 0.137 e. The van der Waals surface area contributed by atoms with Crippen molar-refractivity contribution in [3.05, 3.63) is 83.9 Å². The van der Waals surface area contributed by atoms with Crippen molar-refractivity contribution in [2.24, 2.45) is 20.5 Å². The Morgan fingerprint density at radius 2 is 0.970 bits per heavy atom. The summed E-state index contributed by atoms with van der Waals surface area (Å²) in [7, 11) is 0. The maximum atomic E-state index is 11.9. The molecule has 0 radical (unpaired) electrons. The van der Waals surface area contributed by atoms with Crippen molar-refractivity contribution >= 4 is 34.3 Å². The summed E-state index contributed by atoms with van der Waals surface area (Å²) in [5, 5.41) is 17.0. The minimum absolute atomic E-state index is 0.132. The lowest BCUT2D eigenvalue weighted by Gasteiger charge is -2.01. The molecule has 0 aliphatic rings. The number of hydrogen-bond donors (Lipinski definition) is 0. The van der Waals surface area contributed by atoms with Crippen molar-refractivity contribution in [2.45, 2.75) is 46.0 Å². The molecule has 3 aromatic carbocycles. The lowest BCUT2D eigenvalue weighted by molar-refractivity contribution is -0.118. The van der Waals surface area contributed by atoms with E-state index in [-0.39, 0.29) is 11.6 Å². The van der Waals surface area contributed by atoms with Crippen LogP contribution in [0.3, 0.4) is 0 Å². The number of ketones is 2. The van der Waals surface area contributed by atoms with Gasteiger partial charge in [0, 0.05) is 19.3 Å². The zero-order valence-electron chi connectivity index (χ0n) is 19.1. The monoisotopic (exact) mass is 440 g/mol. The van der Waals surface area contributed by atoms with E-state index in [1.807, 2.05) is 72.8 Å². The van der Waals surface area contributed by atoms with Crippen molar-refractivity contribution in [2.75, 3.05) is 0 Å². The smallest absolute Gasteiger partial charge is 0.137 e. The molecule has 3 aromatic rings. The normalized spacial score (nSPS) is 11.3. The molecule has 0 bridgehead atoms. The second-order valence-electron chi connectivity index (χ2n) is 7.95. The second kappa shape index (κ2) is 12.3. The van der Waals surface area contributed by atoms with Gasteiger partial charge in [-0.2, -0.15) is 20.5 Å². The molecule has 0 aliphatic heterocycles. The molecular formula is C27H28N4O2. The van der Waals surface area contributed by atoms with Gasteiger partial charge >= 0.3 is 0 Å². The number of azo groups is 2. The van der Waals surface area contributed by atoms with Gasteiger partial charge in [0.2, 0.25) is 0 Å². The summed E-state index contributed by atoms with van der Waals surface area (Å²) in [6.45, 7) is 3.66. The van der Waals surface area contributed by atoms with Gasteiger partial charge in [0.1, 0.15) is 11.6 Å². The number of nitrogens with zero attached hydrogens (tertiary/aromatic N) is 4. The number of carbonyl (C=O) groups is 2. The number of hydrogen-bond acceptors (Lipinski definition) is 6. The number of carbonyl (C=O) groups excluding carboxylic acids is 2. The Morgan fingerprint density at radius 3 is 1.33 bits per heavy atom. The third-order valence-corrected chi connectivity index (χ3v) is 4.95. The Hall–Kier alpha value is -3.80. The van der Waals surface area contributed by atoms with E-state index in [9.17, 15) is 9.59 Å². The number of benzene rings is 3. The van der Waals surface area contributed by atoms with E-state index < -0.39 is 0 Å². The molecule has 6 nitrogen and oxygen atoms in total. The van der Waals surface area contributed by atoms with Crippen LogP contribution < -0.4 is 0 Å². The Kier molecular flexibility index (Phi) is 8.88. The average molecular weight is 441 g/mol. The van der Waals surface area contributed by atoms with Crippen LogP contribution in [-0.4, -0.2) is 11.6 Å². The van der Waals surface area contributed by atoms with E-state index in [2.05, 4.69) is 27.4 Å². The molecule has 0 heterocycles. The minimum atomic E-state index is 0.132. The molecular weight excluding hydrogens is 412 g/mol. The Labute approximate surface area is 194 Å². The highest BCUT2D eigenvalue weighted by Gasteiger charge is 2.03. The molecule has 0 N–H and O–H groups in total. The van der Waals surface area contributed by atoms with Crippen LogP contribution in [0.25, 0.3) is 0 Å². The second-order valence-corrected chi connectivity index (χ2v) is 7.95. The zero-order valence-corrected chi connectivity index (χ0v) is 19.1. The van der Waals surface area contributed by atoms with Crippen molar-refractivity contribution in [1.29, 1.82) is 0 Å². The van der Waals surface area contributed by atoms with Crippen LogP contribution in [-0.2, 0) is 22.4 Å². The summed E-state index contributed by atoms with van der Waals surface area (Å²) >= 11 is 0. The summed E-state index contributed by atoms with van der Waals surface area (Å²) in [6, 6.07) is 22.4. The number of unbranched alkanes of at least 4 members (excludes halogenated alkanes) is 1. The van der Waals surface area contributed by atoms with Gasteiger partial charge in [-0.25, -0.2) is 0 Å². The van der Waals surface area contributed by atoms with Crippen LogP contribution in [0.2, 0.25) is 0 Å². The molecule has 168 valence electrons. The quantitative estimate of drug-likeness (QED) is 0.283. The molecule has 0 spiro atoms. The fourth-order valence-corrected chi connectivity index (χ4v) is 3.16. The van der Waals surface area contributed by atoms with Crippen molar-refractivity contribution < 1.29 is 9.59 Å². The largest absolute Gasteiger partial charge is 0.300 e. The first-order valence-electron chi connectivity index (χ1n) is 11.1. The van der Waals surface area contributed by atoms with Crippen LogP contribution >= 0.6 is 0 Å². The molecule has 0 saturated heterocycles. The van der Waals surface area contributed by atoms with E-state index in [0.29, 0.717) is 30.6 Å².